The van der Waals surface area contributed by atoms with Gasteiger partial charge in [-0.05, 0) is 34.4 Å². The summed E-state index contributed by atoms with van der Waals surface area (Å²) in [6, 6.07) is 10.7. The van der Waals surface area contributed by atoms with E-state index in [9.17, 15) is 4.79 Å². The molecule has 0 bridgehead atoms. The van der Waals surface area contributed by atoms with Gasteiger partial charge in [0.1, 0.15) is 5.82 Å². The van der Waals surface area contributed by atoms with Crippen molar-refractivity contribution in [1.29, 1.82) is 0 Å². The molecular weight excluding hydrogens is 228 g/mol. The SMILES string of the molecule is Nc1nccc2ccc3cc(C(=O)O)ccc3c12. The highest BCUT2D eigenvalue weighted by atomic mass is 16.4. The maximum atomic E-state index is 10.9. The van der Waals surface area contributed by atoms with Gasteiger partial charge in [-0.3, -0.25) is 0 Å². The van der Waals surface area contributed by atoms with E-state index in [1.54, 1.807) is 24.4 Å². The minimum absolute atomic E-state index is 0.268. The second-order valence-corrected chi connectivity index (χ2v) is 4.10. The fourth-order valence-electron chi connectivity index (χ4n) is 2.17. The van der Waals surface area contributed by atoms with Crippen molar-refractivity contribution in [2.24, 2.45) is 0 Å². The number of hydrogen-bond acceptors (Lipinski definition) is 3. The van der Waals surface area contributed by atoms with Gasteiger partial charge in [0.15, 0.2) is 0 Å². The number of carboxylic acids is 1. The maximum absolute atomic E-state index is 10.9. The van der Waals surface area contributed by atoms with Crippen molar-refractivity contribution < 1.29 is 9.90 Å². The summed E-state index contributed by atoms with van der Waals surface area (Å²) >= 11 is 0. The summed E-state index contributed by atoms with van der Waals surface area (Å²) in [4.78, 5) is 15.0. The molecule has 0 spiro atoms. The number of rotatable bonds is 1. The Hall–Kier alpha value is -2.62. The lowest BCUT2D eigenvalue weighted by atomic mass is 10.0. The number of anilines is 1. The van der Waals surface area contributed by atoms with Crippen LogP contribution >= 0.6 is 0 Å². The molecule has 0 amide bonds. The van der Waals surface area contributed by atoms with E-state index >= 15 is 0 Å². The Kier molecular flexibility index (Phi) is 2.16. The first kappa shape index (κ1) is 10.5. The van der Waals surface area contributed by atoms with Crippen LogP contribution in [0.2, 0.25) is 0 Å². The van der Waals surface area contributed by atoms with Gasteiger partial charge >= 0.3 is 5.97 Å². The van der Waals surface area contributed by atoms with Crippen LogP contribution in [0.5, 0.6) is 0 Å². The predicted molar refractivity (Wildman–Crippen MR) is 70.6 cm³/mol. The third-order valence-electron chi connectivity index (χ3n) is 3.02. The average Bonchev–Trinajstić information content (AvgIpc) is 2.37. The predicted octanol–water partition coefficient (Wildman–Crippen LogP) is 2.67. The van der Waals surface area contributed by atoms with E-state index in [0.717, 1.165) is 21.5 Å². The molecule has 2 aromatic carbocycles. The molecule has 3 N–H and O–H groups in total. The molecule has 0 aliphatic rings. The number of nitrogen functional groups attached to an aromatic ring is 1. The van der Waals surface area contributed by atoms with Crippen molar-refractivity contribution in [2.75, 3.05) is 5.73 Å². The van der Waals surface area contributed by atoms with Crippen LogP contribution in [0.4, 0.5) is 5.82 Å². The Balaban J connectivity index is 2.45. The fraction of sp³-hybridized carbons (Fsp3) is 0. The number of nitrogens with two attached hydrogens (primary N) is 1. The van der Waals surface area contributed by atoms with E-state index in [2.05, 4.69) is 4.98 Å². The Bertz CT molecular complexity index is 781. The molecule has 88 valence electrons. The van der Waals surface area contributed by atoms with Gasteiger partial charge in [0.2, 0.25) is 0 Å². The van der Waals surface area contributed by atoms with E-state index < -0.39 is 5.97 Å². The highest BCUT2D eigenvalue weighted by Gasteiger charge is 2.07. The number of hydrogen-bond donors (Lipinski definition) is 2. The highest BCUT2D eigenvalue weighted by molar-refractivity contribution is 6.13. The molecule has 4 nitrogen and oxygen atoms in total. The van der Waals surface area contributed by atoms with Gasteiger partial charge < -0.3 is 10.8 Å². The molecule has 3 rings (SSSR count). The Morgan fingerprint density at radius 3 is 2.67 bits per heavy atom. The normalized spacial score (nSPS) is 10.9. The summed E-state index contributed by atoms with van der Waals surface area (Å²) in [6.07, 6.45) is 1.66. The third-order valence-corrected chi connectivity index (χ3v) is 3.02. The van der Waals surface area contributed by atoms with Gasteiger partial charge in [-0.15, -0.1) is 0 Å². The lowest BCUT2D eigenvalue weighted by molar-refractivity contribution is 0.0697. The van der Waals surface area contributed by atoms with Gasteiger partial charge in [0.05, 0.1) is 5.56 Å². The number of aromatic nitrogens is 1. The van der Waals surface area contributed by atoms with Crippen LogP contribution in [0.15, 0.2) is 42.6 Å². The summed E-state index contributed by atoms with van der Waals surface area (Å²) in [6.45, 7) is 0. The Morgan fingerprint density at radius 2 is 1.89 bits per heavy atom. The highest BCUT2D eigenvalue weighted by Crippen LogP contribution is 2.29. The monoisotopic (exact) mass is 238 g/mol. The number of carbonyl (C=O) groups is 1. The number of pyridine rings is 1. The molecule has 1 aromatic heterocycles. The van der Waals surface area contributed by atoms with Crippen molar-refractivity contribution in [2.45, 2.75) is 0 Å². The first-order valence-electron chi connectivity index (χ1n) is 5.47. The number of fused-ring (bicyclic) bond motifs is 3. The van der Waals surface area contributed by atoms with Crippen LogP contribution < -0.4 is 5.73 Å². The van der Waals surface area contributed by atoms with Gasteiger partial charge in [-0.1, -0.05) is 18.2 Å². The zero-order valence-corrected chi connectivity index (χ0v) is 9.42. The molecule has 1 heterocycles. The second kappa shape index (κ2) is 3.70. The summed E-state index contributed by atoms with van der Waals surface area (Å²) in [5, 5.41) is 12.6. The summed E-state index contributed by atoms with van der Waals surface area (Å²) in [7, 11) is 0. The number of carboxylic acid groups (broad SMARTS) is 1. The molecule has 0 atom stereocenters. The van der Waals surface area contributed by atoms with Gasteiger partial charge in [0.25, 0.3) is 0 Å². The van der Waals surface area contributed by atoms with Crippen molar-refractivity contribution in [3.63, 3.8) is 0 Å². The molecule has 18 heavy (non-hydrogen) atoms. The Labute approximate surface area is 103 Å². The number of nitrogens with zero attached hydrogens (tertiary/aromatic N) is 1. The zero-order valence-electron chi connectivity index (χ0n) is 9.42. The van der Waals surface area contributed by atoms with Crippen LogP contribution in [0.1, 0.15) is 10.4 Å². The maximum Gasteiger partial charge on any atom is 0.335 e. The quantitative estimate of drug-likeness (QED) is 0.639. The zero-order chi connectivity index (χ0) is 12.7. The summed E-state index contributed by atoms with van der Waals surface area (Å²) < 4.78 is 0. The minimum Gasteiger partial charge on any atom is -0.478 e. The molecule has 0 saturated heterocycles. The minimum atomic E-state index is -0.934. The number of aromatic carboxylic acids is 1. The molecule has 4 heteroatoms. The van der Waals surface area contributed by atoms with Crippen molar-refractivity contribution >= 4 is 33.3 Å². The van der Waals surface area contributed by atoms with E-state index in [-0.39, 0.29) is 5.56 Å². The molecule has 3 aromatic rings. The van der Waals surface area contributed by atoms with E-state index in [4.69, 9.17) is 10.8 Å². The van der Waals surface area contributed by atoms with Crippen LogP contribution in [0.25, 0.3) is 21.5 Å². The second-order valence-electron chi connectivity index (χ2n) is 4.10. The van der Waals surface area contributed by atoms with E-state index in [1.165, 1.54) is 0 Å². The van der Waals surface area contributed by atoms with Crippen molar-refractivity contribution in [3.05, 3.63) is 48.2 Å². The van der Waals surface area contributed by atoms with Crippen LogP contribution in [0, 0.1) is 0 Å². The lowest BCUT2D eigenvalue weighted by Crippen LogP contribution is -1.96. The first-order chi connectivity index (χ1) is 8.66. The first-order valence-corrected chi connectivity index (χ1v) is 5.47. The van der Waals surface area contributed by atoms with E-state index in [1.807, 2.05) is 18.2 Å². The largest absolute Gasteiger partial charge is 0.478 e. The molecule has 0 unspecified atom stereocenters. The summed E-state index contributed by atoms with van der Waals surface area (Å²) in [5.74, 6) is -0.475. The smallest absolute Gasteiger partial charge is 0.335 e. The standard InChI is InChI=1S/C14H10N2O2/c15-13-12-8(5-6-16-13)1-2-9-7-10(14(17)18)3-4-11(9)12/h1-7H,(H2,15,16)(H,17,18). The molecule has 0 aliphatic carbocycles. The molecule has 0 fully saturated rings. The Morgan fingerprint density at radius 1 is 1.11 bits per heavy atom. The van der Waals surface area contributed by atoms with E-state index in [0.29, 0.717) is 5.82 Å². The van der Waals surface area contributed by atoms with Gasteiger partial charge in [0, 0.05) is 11.6 Å². The summed E-state index contributed by atoms with van der Waals surface area (Å²) in [5.41, 5.74) is 6.16. The van der Waals surface area contributed by atoms with Crippen LogP contribution in [-0.4, -0.2) is 16.1 Å². The average molecular weight is 238 g/mol. The fourth-order valence-corrected chi connectivity index (χ4v) is 2.17. The van der Waals surface area contributed by atoms with Crippen molar-refractivity contribution in [3.8, 4) is 0 Å². The topological polar surface area (TPSA) is 76.2 Å². The molecule has 0 radical (unpaired) electrons. The third kappa shape index (κ3) is 1.47. The molecule has 0 aliphatic heterocycles. The molecule has 0 saturated carbocycles. The number of benzene rings is 2. The van der Waals surface area contributed by atoms with Gasteiger partial charge in [-0.25, -0.2) is 9.78 Å². The van der Waals surface area contributed by atoms with Crippen LogP contribution in [0.3, 0.4) is 0 Å². The lowest BCUT2D eigenvalue weighted by Gasteiger charge is -2.06. The van der Waals surface area contributed by atoms with Crippen LogP contribution in [-0.2, 0) is 0 Å². The van der Waals surface area contributed by atoms with Gasteiger partial charge in [-0.2, -0.15) is 0 Å². The molecular formula is C14H10N2O2. The van der Waals surface area contributed by atoms with Crippen molar-refractivity contribution in [1.82, 2.24) is 4.98 Å².